The minimum atomic E-state index is -0.420. The van der Waals surface area contributed by atoms with Crippen molar-refractivity contribution in [2.45, 2.75) is 27.7 Å². The number of carbonyl (C=O) groups is 1. The summed E-state index contributed by atoms with van der Waals surface area (Å²) in [7, 11) is 0. The molecule has 0 spiro atoms. The van der Waals surface area contributed by atoms with E-state index in [9.17, 15) is 4.79 Å². The number of nitrogen functional groups attached to an aromatic ring is 1. The Morgan fingerprint density at radius 1 is 1.20 bits per heavy atom. The highest BCUT2D eigenvalue weighted by atomic mass is 79.9. The highest BCUT2D eigenvalue weighted by Gasteiger charge is 2.29. The molecular formula is C16H18BrNOS. The van der Waals surface area contributed by atoms with Gasteiger partial charge in [-0.3, -0.25) is 4.79 Å². The average Bonchev–Trinajstić information content (AvgIpc) is 2.64. The predicted molar refractivity (Wildman–Crippen MR) is 90.4 cm³/mol. The Morgan fingerprint density at radius 3 is 2.25 bits per heavy atom. The number of nitrogens with two attached hydrogens (primary N) is 1. The first-order valence-electron chi connectivity index (χ1n) is 6.41. The number of benzene rings is 1. The van der Waals surface area contributed by atoms with Crippen LogP contribution in [-0.2, 0) is 0 Å². The lowest BCUT2D eigenvalue weighted by atomic mass is 9.85. The molecule has 0 fully saturated rings. The van der Waals surface area contributed by atoms with Crippen LogP contribution < -0.4 is 5.73 Å². The molecule has 2 N–H and O–H groups in total. The Bertz CT molecular complexity index is 650. The molecule has 0 aliphatic heterocycles. The largest absolute Gasteiger partial charge is 0.390 e. The maximum absolute atomic E-state index is 12.5. The summed E-state index contributed by atoms with van der Waals surface area (Å²) in [5.41, 5.74) is 8.43. The van der Waals surface area contributed by atoms with Gasteiger partial charge < -0.3 is 5.73 Å². The van der Waals surface area contributed by atoms with Gasteiger partial charge in [-0.05, 0) is 30.2 Å². The van der Waals surface area contributed by atoms with E-state index in [0.717, 1.165) is 20.5 Å². The monoisotopic (exact) mass is 351 g/mol. The molecule has 4 heteroatoms. The number of carbonyl (C=O) groups excluding carboxylic acids is 1. The van der Waals surface area contributed by atoms with E-state index in [-0.39, 0.29) is 5.78 Å². The fourth-order valence-electron chi connectivity index (χ4n) is 2.07. The Labute approximate surface area is 132 Å². The van der Waals surface area contributed by atoms with Gasteiger partial charge in [0.2, 0.25) is 0 Å². The van der Waals surface area contributed by atoms with Gasteiger partial charge in [0.1, 0.15) is 0 Å². The fourth-order valence-corrected chi connectivity index (χ4v) is 3.41. The number of hydrogen-bond acceptors (Lipinski definition) is 3. The summed E-state index contributed by atoms with van der Waals surface area (Å²) >= 11 is 4.92. The van der Waals surface area contributed by atoms with Crippen molar-refractivity contribution in [2.24, 2.45) is 5.41 Å². The quantitative estimate of drug-likeness (QED) is 0.746. The van der Waals surface area contributed by atoms with Gasteiger partial charge in [0, 0.05) is 14.8 Å². The van der Waals surface area contributed by atoms with Crippen molar-refractivity contribution in [3.8, 4) is 10.4 Å². The Hall–Kier alpha value is -1.13. The SMILES string of the molecule is Cc1c(-c2ccc(Br)cc2)sc(N)c1C(=O)C(C)(C)C. The van der Waals surface area contributed by atoms with E-state index in [0.29, 0.717) is 10.6 Å². The molecular weight excluding hydrogens is 334 g/mol. The minimum Gasteiger partial charge on any atom is -0.390 e. The van der Waals surface area contributed by atoms with Crippen molar-refractivity contribution in [3.05, 3.63) is 39.9 Å². The van der Waals surface area contributed by atoms with Crippen LogP contribution in [0.25, 0.3) is 10.4 Å². The zero-order valence-electron chi connectivity index (χ0n) is 12.1. The van der Waals surface area contributed by atoms with E-state index < -0.39 is 5.41 Å². The Kier molecular flexibility index (Phi) is 4.07. The van der Waals surface area contributed by atoms with Crippen molar-refractivity contribution >= 4 is 38.1 Å². The second-order valence-corrected chi connectivity index (χ2v) is 7.85. The third-order valence-electron chi connectivity index (χ3n) is 3.19. The summed E-state index contributed by atoms with van der Waals surface area (Å²) in [6.45, 7) is 7.74. The van der Waals surface area contributed by atoms with Crippen LogP contribution >= 0.6 is 27.3 Å². The van der Waals surface area contributed by atoms with Crippen molar-refractivity contribution in [1.29, 1.82) is 0 Å². The standard InChI is InChI=1S/C16H18BrNOS/c1-9-12(14(19)16(2,3)4)15(18)20-13(9)10-5-7-11(17)8-6-10/h5-8H,18H2,1-4H3. The van der Waals surface area contributed by atoms with Gasteiger partial charge in [0.05, 0.1) is 10.6 Å². The summed E-state index contributed by atoms with van der Waals surface area (Å²) in [6, 6.07) is 8.06. The summed E-state index contributed by atoms with van der Waals surface area (Å²) in [6.07, 6.45) is 0. The first kappa shape index (κ1) is 15.3. The molecule has 1 heterocycles. The van der Waals surface area contributed by atoms with Crippen LogP contribution in [-0.4, -0.2) is 5.78 Å². The van der Waals surface area contributed by atoms with Gasteiger partial charge >= 0.3 is 0 Å². The lowest BCUT2D eigenvalue weighted by Crippen LogP contribution is -2.21. The van der Waals surface area contributed by atoms with Gasteiger partial charge in [-0.15, -0.1) is 11.3 Å². The van der Waals surface area contributed by atoms with Crippen LogP contribution in [0, 0.1) is 12.3 Å². The van der Waals surface area contributed by atoms with Crippen molar-refractivity contribution in [1.82, 2.24) is 0 Å². The number of halogens is 1. The van der Waals surface area contributed by atoms with E-state index in [1.165, 1.54) is 11.3 Å². The number of rotatable bonds is 2. The summed E-state index contributed by atoms with van der Waals surface area (Å²) in [4.78, 5) is 13.6. The summed E-state index contributed by atoms with van der Waals surface area (Å²) < 4.78 is 1.04. The van der Waals surface area contributed by atoms with Gasteiger partial charge in [-0.2, -0.15) is 0 Å². The van der Waals surface area contributed by atoms with Crippen LogP contribution in [0.15, 0.2) is 28.7 Å². The molecule has 0 saturated heterocycles. The molecule has 0 unspecified atom stereocenters. The summed E-state index contributed by atoms with van der Waals surface area (Å²) in [5, 5.41) is 0.611. The molecule has 0 aliphatic carbocycles. The first-order chi connectivity index (χ1) is 9.21. The van der Waals surface area contributed by atoms with E-state index in [1.807, 2.05) is 52.0 Å². The van der Waals surface area contributed by atoms with E-state index in [1.54, 1.807) is 0 Å². The van der Waals surface area contributed by atoms with Gasteiger partial charge in [0.15, 0.2) is 5.78 Å². The summed E-state index contributed by atoms with van der Waals surface area (Å²) in [5.74, 6) is 0.104. The zero-order valence-corrected chi connectivity index (χ0v) is 14.5. The van der Waals surface area contributed by atoms with Crippen LogP contribution in [0.1, 0.15) is 36.7 Å². The highest BCUT2D eigenvalue weighted by molar-refractivity contribution is 9.10. The molecule has 0 atom stereocenters. The topological polar surface area (TPSA) is 43.1 Å². The molecule has 2 rings (SSSR count). The number of hydrogen-bond donors (Lipinski definition) is 1. The molecule has 2 aromatic rings. The maximum atomic E-state index is 12.5. The minimum absolute atomic E-state index is 0.104. The maximum Gasteiger partial charge on any atom is 0.171 e. The molecule has 0 aliphatic rings. The van der Waals surface area contributed by atoms with E-state index in [4.69, 9.17) is 5.73 Å². The molecule has 1 aromatic heterocycles. The van der Waals surface area contributed by atoms with Crippen LogP contribution in [0.5, 0.6) is 0 Å². The third-order valence-corrected chi connectivity index (χ3v) is 4.89. The highest BCUT2D eigenvalue weighted by Crippen LogP contribution is 2.40. The predicted octanol–water partition coefficient (Wildman–Crippen LogP) is 5.30. The number of Topliss-reactive ketones (excluding diaryl/α,β-unsaturated/α-hetero) is 1. The van der Waals surface area contributed by atoms with Gasteiger partial charge in [0.25, 0.3) is 0 Å². The van der Waals surface area contributed by atoms with Crippen LogP contribution in [0.3, 0.4) is 0 Å². The fraction of sp³-hybridized carbons (Fsp3) is 0.312. The smallest absolute Gasteiger partial charge is 0.171 e. The number of thiophene rings is 1. The average molecular weight is 352 g/mol. The van der Waals surface area contributed by atoms with Crippen molar-refractivity contribution < 1.29 is 4.79 Å². The molecule has 2 nitrogen and oxygen atoms in total. The molecule has 1 aromatic carbocycles. The Balaban J connectivity index is 2.54. The normalized spacial score (nSPS) is 11.7. The Morgan fingerprint density at radius 2 is 1.75 bits per heavy atom. The molecule has 0 saturated carbocycles. The zero-order chi connectivity index (χ0) is 15.1. The third kappa shape index (κ3) is 2.81. The molecule has 20 heavy (non-hydrogen) atoms. The number of anilines is 1. The second kappa shape index (κ2) is 5.34. The van der Waals surface area contributed by atoms with E-state index in [2.05, 4.69) is 15.9 Å². The lowest BCUT2D eigenvalue weighted by Gasteiger charge is -2.17. The molecule has 106 valence electrons. The molecule has 0 amide bonds. The second-order valence-electron chi connectivity index (χ2n) is 5.88. The van der Waals surface area contributed by atoms with Gasteiger partial charge in [-0.25, -0.2) is 0 Å². The van der Waals surface area contributed by atoms with E-state index >= 15 is 0 Å². The first-order valence-corrected chi connectivity index (χ1v) is 8.02. The van der Waals surface area contributed by atoms with Crippen LogP contribution in [0.2, 0.25) is 0 Å². The van der Waals surface area contributed by atoms with Crippen molar-refractivity contribution in [2.75, 3.05) is 5.73 Å². The van der Waals surface area contributed by atoms with Gasteiger partial charge in [-0.1, -0.05) is 48.8 Å². The number of ketones is 1. The lowest BCUT2D eigenvalue weighted by molar-refractivity contribution is 0.0859. The van der Waals surface area contributed by atoms with Crippen LogP contribution in [0.4, 0.5) is 5.00 Å². The molecule has 0 radical (unpaired) electrons. The molecule has 0 bridgehead atoms. The van der Waals surface area contributed by atoms with Crippen molar-refractivity contribution in [3.63, 3.8) is 0 Å².